The quantitative estimate of drug-likeness (QED) is 0.776. The van der Waals surface area contributed by atoms with Crippen LogP contribution < -0.4 is 4.74 Å². The molecule has 20 heavy (non-hydrogen) atoms. The van der Waals surface area contributed by atoms with Crippen molar-refractivity contribution in [2.24, 2.45) is 17.8 Å². The summed E-state index contributed by atoms with van der Waals surface area (Å²) in [5, 5.41) is 20.0. The third kappa shape index (κ3) is 3.09. The molecule has 4 unspecified atom stereocenters. The van der Waals surface area contributed by atoms with Crippen molar-refractivity contribution in [3.05, 3.63) is 27.3 Å². The lowest BCUT2D eigenvalue weighted by Gasteiger charge is -2.24. The van der Waals surface area contributed by atoms with Gasteiger partial charge in [-0.1, -0.05) is 6.92 Å². The lowest BCUT2D eigenvalue weighted by atomic mass is 9.86. The Morgan fingerprint density at radius 1 is 1.45 bits per heavy atom. The molecule has 110 valence electrons. The average molecular weight is 390 g/mol. The highest BCUT2D eigenvalue weighted by atomic mass is 127. The first-order valence-electron chi connectivity index (χ1n) is 6.68. The van der Waals surface area contributed by atoms with Gasteiger partial charge in [0.15, 0.2) is 0 Å². The predicted octanol–water partition coefficient (Wildman–Crippen LogP) is 3.08. The molecule has 1 fully saturated rings. The molecule has 0 aliphatic heterocycles. The standard InChI is InChI=1S/C15H19IO4/c1-8-5-10(11(6-8)15(18)19)14(17)12-7-9(16)3-4-13(12)20-2/h3-4,7-8,10-11,14,17H,5-6H2,1-2H3,(H,18,19). The summed E-state index contributed by atoms with van der Waals surface area (Å²) < 4.78 is 6.29. The Balaban J connectivity index is 2.32. The third-order valence-corrected chi connectivity index (χ3v) is 4.75. The number of aliphatic hydroxyl groups excluding tert-OH is 1. The highest BCUT2D eigenvalue weighted by molar-refractivity contribution is 14.1. The van der Waals surface area contributed by atoms with E-state index in [1.807, 2.05) is 25.1 Å². The normalized spacial score (nSPS) is 27.3. The predicted molar refractivity (Wildman–Crippen MR) is 83.7 cm³/mol. The second kappa shape index (κ2) is 6.30. The van der Waals surface area contributed by atoms with Crippen molar-refractivity contribution >= 4 is 28.6 Å². The maximum atomic E-state index is 11.4. The summed E-state index contributed by atoms with van der Waals surface area (Å²) in [5.41, 5.74) is 0.685. The van der Waals surface area contributed by atoms with Crippen molar-refractivity contribution in [1.29, 1.82) is 0 Å². The molecule has 5 heteroatoms. The highest BCUT2D eigenvalue weighted by Gasteiger charge is 2.42. The smallest absolute Gasteiger partial charge is 0.306 e. The van der Waals surface area contributed by atoms with Crippen LogP contribution >= 0.6 is 22.6 Å². The number of carboxylic acids is 1. The summed E-state index contributed by atoms with van der Waals surface area (Å²) in [6.07, 6.45) is 0.557. The first-order chi connectivity index (χ1) is 9.43. The van der Waals surface area contributed by atoms with Gasteiger partial charge >= 0.3 is 5.97 Å². The van der Waals surface area contributed by atoms with Crippen LogP contribution in [0.5, 0.6) is 5.75 Å². The second-order valence-corrected chi connectivity index (χ2v) is 6.76. The molecular formula is C15H19IO4. The van der Waals surface area contributed by atoms with Crippen LogP contribution in [0.25, 0.3) is 0 Å². The van der Waals surface area contributed by atoms with Gasteiger partial charge in [-0.05, 0) is 59.5 Å². The first kappa shape index (κ1) is 15.6. The number of aliphatic carboxylic acids is 1. The minimum Gasteiger partial charge on any atom is -0.496 e. The molecule has 4 nitrogen and oxygen atoms in total. The van der Waals surface area contributed by atoms with Crippen molar-refractivity contribution < 1.29 is 19.7 Å². The lowest BCUT2D eigenvalue weighted by Crippen LogP contribution is -2.24. The molecule has 0 spiro atoms. The van der Waals surface area contributed by atoms with E-state index in [4.69, 9.17) is 4.74 Å². The lowest BCUT2D eigenvalue weighted by molar-refractivity contribution is -0.144. The van der Waals surface area contributed by atoms with Crippen molar-refractivity contribution in [3.8, 4) is 5.75 Å². The SMILES string of the molecule is COc1ccc(I)cc1C(O)C1CC(C)CC1C(=O)O. The number of hydrogen-bond acceptors (Lipinski definition) is 3. The van der Waals surface area contributed by atoms with E-state index in [2.05, 4.69) is 22.6 Å². The van der Waals surface area contributed by atoms with E-state index in [9.17, 15) is 15.0 Å². The van der Waals surface area contributed by atoms with Gasteiger partial charge in [-0.25, -0.2) is 0 Å². The van der Waals surface area contributed by atoms with Crippen LogP contribution in [0.2, 0.25) is 0 Å². The number of hydrogen-bond donors (Lipinski definition) is 2. The monoisotopic (exact) mass is 390 g/mol. The molecule has 1 aliphatic carbocycles. The molecule has 1 aliphatic rings. The molecule has 0 saturated heterocycles. The zero-order valence-electron chi connectivity index (χ0n) is 11.5. The Morgan fingerprint density at radius 3 is 2.75 bits per heavy atom. The van der Waals surface area contributed by atoms with Crippen LogP contribution in [-0.2, 0) is 4.79 Å². The minimum atomic E-state index is -0.817. The largest absolute Gasteiger partial charge is 0.496 e. The molecular weight excluding hydrogens is 371 g/mol. The van der Waals surface area contributed by atoms with Crippen molar-refractivity contribution in [3.63, 3.8) is 0 Å². The zero-order valence-corrected chi connectivity index (χ0v) is 13.7. The van der Waals surface area contributed by atoms with E-state index in [0.29, 0.717) is 23.7 Å². The maximum absolute atomic E-state index is 11.4. The average Bonchev–Trinajstić information content (AvgIpc) is 2.80. The van der Waals surface area contributed by atoms with Crippen molar-refractivity contribution in [2.45, 2.75) is 25.9 Å². The molecule has 0 bridgehead atoms. The van der Waals surface area contributed by atoms with E-state index in [0.717, 1.165) is 9.99 Å². The summed E-state index contributed by atoms with van der Waals surface area (Å²) in [5.74, 6) is -0.619. The molecule has 1 aromatic carbocycles. The van der Waals surface area contributed by atoms with E-state index in [1.165, 1.54) is 0 Å². The van der Waals surface area contributed by atoms with E-state index in [-0.39, 0.29) is 5.92 Å². The summed E-state index contributed by atoms with van der Waals surface area (Å²) in [4.78, 5) is 11.4. The number of methoxy groups -OCH3 is 1. The fraction of sp³-hybridized carbons (Fsp3) is 0.533. The van der Waals surface area contributed by atoms with Crippen LogP contribution in [0, 0.1) is 21.3 Å². The van der Waals surface area contributed by atoms with Gasteiger partial charge in [0.05, 0.1) is 19.1 Å². The Morgan fingerprint density at radius 2 is 2.15 bits per heavy atom. The van der Waals surface area contributed by atoms with E-state index >= 15 is 0 Å². The van der Waals surface area contributed by atoms with E-state index in [1.54, 1.807) is 7.11 Å². The first-order valence-corrected chi connectivity index (χ1v) is 7.76. The molecule has 0 amide bonds. The van der Waals surface area contributed by atoms with Crippen LogP contribution in [0.4, 0.5) is 0 Å². The summed E-state index contributed by atoms with van der Waals surface area (Å²) >= 11 is 2.17. The Hall–Kier alpha value is -0.820. The van der Waals surface area contributed by atoms with Gasteiger partial charge in [0, 0.05) is 15.1 Å². The number of ether oxygens (including phenoxy) is 1. The number of halogens is 1. The molecule has 0 radical (unpaired) electrons. The number of rotatable bonds is 4. The summed E-state index contributed by atoms with van der Waals surface area (Å²) in [7, 11) is 1.56. The highest BCUT2D eigenvalue weighted by Crippen LogP contribution is 2.45. The van der Waals surface area contributed by atoms with Crippen molar-refractivity contribution in [1.82, 2.24) is 0 Å². The van der Waals surface area contributed by atoms with Gasteiger partial charge < -0.3 is 14.9 Å². The third-order valence-electron chi connectivity index (χ3n) is 4.08. The minimum absolute atomic E-state index is 0.255. The molecule has 2 rings (SSSR count). The van der Waals surface area contributed by atoms with Crippen LogP contribution in [0.3, 0.4) is 0 Å². The van der Waals surface area contributed by atoms with Crippen LogP contribution in [0.1, 0.15) is 31.4 Å². The Labute approximate surface area is 132 Å². The topological polar surface area (TPSA) is 66.8 Å². The number of benzene rings is 1. The van der Waals surface area contributed by atoms with Crippen LogP contribution in [-0.4, -0.2) is 23.3 Å². The van der Waals surface area contributed by atoms with Gasteiger partial charge in [0.1, 0.15) is 5.75 Å². The van der Waals surface area contributed by atoms with Gasteiger partial charge in [0.25, 0.3) is 0 Å². The zero-order chi connectivity index (χ0) is 14.9. The van der Waals surface area contributed by atoms with Crippen LogP contribution in [0.15, 0.2) is 18.2 Å². The molecule has 1 aromatic rings. The summed E-state index contributed by atoms with van der Waals surface area (Å²) in [6.45, 7) is 2.04. The van der Waals surface area contributed by atoms with Gasteiger partial charge in [0.2, 0.25) is 0 Å². The second-order valence-electron chi connectivity index (χ2n) is 5.52. The van der Waals surface area contributed by atoms with Gasteiger partial charge in [-0.2, -0.15) is 0 Å². The Kier molecular flexibility index (Phi) is 4.90. The molecule has 2 N–H and O–H groups in total. The fourth-order valence-corrected chi connectivity index (χ4v) is 3.65. The van der Waals surface area contributed by atoms with E-state index < -0.39 is 18.0 Å². The molecule has 4 atom stereocenters. The molecule has 0 heterocycles. The number of aliphatic hydroxyl groups is 1. The maximum Gasteiger partial charge on any atom is 0.306 e. The van der Waals surface area contributed by atoms with Crippen molar-refractivity contribution in [2.75, 3.05) is 7.11 Å². The summed E-state index contributed by atoms with van der Waals surface area (Å²) in [6, 6.07) is 5.59. The Bertz CT molecular complexity index is 503. The van der Waals surface area contributed by atoms with Gasteiger partial charge in [-0.15, -0.1) is 0 Å². The fourth-order valence-electron chi connectivity index (χ4n) is 3.13. The van der Waals surface area contributed by atoms with Gasteiger partial charge in [-0.3, -0.25) is 4.79 Å². The molecule has 0 aromatic heterocycles. The number of carboxylic acid groups (broad SMARTS) is 1. The number of carbonyl (C=O) groups is 1. The molecule has 1 saturated carbocycles.